The van der Waals surface area contributed by atoms with E-state index in [1.165, 1.54) is 28.3 Å². The molecule has 0 aromatic rings. The van der Waals surface area contributed by atoms with Crippen molar-refractivity contribution in [3.8, 4) is 0 Å². The molecule has 0 bridgehead atoms. The fraction of sp³-hybridized carbons (Fsp3) is 0.880. The molecule has 15 heteroatoms. The molecule has 1 heterocycles. The third-order valence-corrected chi connectivity index (χ3v) is 5.32. The molecular weight excluding hydrogens is 534 g/mol. The van der Waals surface area contributed by atoms with E-state index in [9.17, 15) is 19.5 Å². The van der Waals surface area contributed by atoms with Crippen molar-refractivity contribution >= 4 is 18.1 Å². The van der Waals surface area contributed by atoms with E-state index in [0.717, 1.165) is 0 Å². The fourth-order valence-electron chi connectivity index (χ4n) is 3.81. The number of aliphatic hydroxyl groups is 1. The summed E-state index contributed by atoms with van der Waals surface area (Å²) in [5.74, 6) is -0.557. The summed E-state index contributed by atoms with van der Waals surface area (Å²) < 4.78 is 43.4. The number of methoxy groups -OCH3 is 3. The molecule has 0 aromatic carbocycles. The average molecular weight is 582 g/mol. The number of carbonyl (C=O) groups excluding carboxylic acids is 3. The van der Waals surface area contributed by atoms with Crippen molar-refractivity contribution < 1.29 is 57.4 Å². The standard InChI is InChI=1S/C25H47N3O12/c1-15(27-21(30)39-23(2,3)4)19(29)26-11-16-18(36-13-34-9)25(32,12-33-8)17(20(38-16)37-14-35-10)28-22(31)40-24(5,6)7/h15-18,20,32H,11-14H2,1-10H3,(H,26,29)(H,27,30)(H,28,31)/t15-,16+,17-,18+,20?,25+/m0/s1. The maximum absolute atomic E-state index is 12.8. The molecule has 4 N–H and O–H groups in total. The van der Waals surface area contributed by atoms with Gasteiger partial charge in [0.1, 0.15) is 54.7 Å². The van der Waals surface area contributed by atoms with E-state index in [1.807, 2.05) is 0 Å². The zero-order valence-electron chi connectivity index (χ0n) is 25.2. The van der Waals surface area contributed by atoms with Gasteiger partial charge in [-0.25, -0.2) is 9.59 Å². The third-order valence-electron chi connectivity index (χ3n) is 5.32. The van der Waals surface area contributed by atoms with E-state index in [0.29, 0.717) is 0 Å². The Labute approximate surface area is 235 Å². The van der Waals surface area contributed by atoms with Crippen LogP contribution in [-0.2, 0) is 42.7 Å². The van der Waals surface area contributed by atoms with Gasteiger partial charge < -0.3 is 59.0 Å². The number of rotatable bonds is 13. The second-order valence-corrected chi connectivity index (χ2v) is 11.3. The van der Waals surface area contributed by atoms with Crippen LogP contribution in [0.15, 0.2) is 0 Å². The van der Waals surface area contributed by atoms with Gasteiger partial charge in [0, 0.05) is 27.9 Å². The molecule has 0 spiro atoms. The molecule has 6 atom stereocenters. The maximum atomic E-state index is 12.8. The minimum Gasteiger partial charge on any atom is -0.444 e. The van der Waals surface area contributed by atoms with E-state index < -0.39 is 65.5 Å². The van der Waals surface area contributed by atoms with Crippen LogP contribution in [0.2, 0.25) is 0 Å². The van der Waals surface area contributed by atoms with Crippen molar-refractivity contribution in [2.45, 2.75) is 95.9 Å². The summed E-state index contributed by atoms with van der Waals surface area (Å²) in [5, 5.41) is 19.7. The van der Waals surface area contributed by atoms with E-state index in [4.69, 9.17) is 37.9 Å². The van der Waals surface area contributed by atoms with Crippen LogP contribution in [0, 0.1) is 0 Å². The lowest BCUT2D eigenvalue weighted by molar-refractivity contribution is -0.326. The largest absolute Gasteiger partial charge is 0.444 e. The van der Waals surface area contributed by atoms with Crippen molar-refractivity contribution in [2.75, 3.05) is 48.1 Å². The molecule has 1 aliphatic heterocycles. The molecular formula is C25H47N3O12. The van der Waals surface area contributed by atoms with Crippen LogP contribution in [0.1, 0.15) is 48.5 Å². The van der Waals surface area contributed by atoms with Crippen LogP contribution in [-0.4, -0.2) is 119 Å². The van der Waals surface area contributed by atoms with Gasteiger partial charge in [0.25, 0.3) is 0 Å². The molecule has 3 amide bonds. The molecule has 1 aliphatic rings. The zero-order valence-corrected chi connectivity index (χ0v) is 25.2. The summed E-state index contributed by atoms with van der Waals surface area (Å²) in [7, 11) is 4.14. The Morgan fingerprint density at radius 2 is 1.45 bits per heavy atom. The second-order valence-electron chi connectivity index (χ2n) is 11.3. The van der Waals surface area contributed by atoms with Crippen molar-refractivity contribution in [1.82, 2.24) is 16.0 Å². The summed E-state index contributed by atoms with van der Waals surface area (Å²) >= 11 is 0. The number of nitrogens with one attached hydrogen (secondary N) is 3. The number of ether oxygens (including phenoxy) is 8. The number of carbonyl (C=O) groups is 3. The Bertz CT molecular complexity index is 816. The first kappa shape index (κ1) is 35.8. The summed E-state index contributed by atoms with van der Waals surface area (Å²) in [5.41, 5.74) is -3.53. The minimum atomic E-state index is -1.96. The van der Waals surface area contributed by atoms with Crippen molar-refractivity contribution in [1.29, 1.82) is 0 Å². The molecule has 1 unspecified atom stereocenters. The highest BCUT2D eigenvalue weighted by molar-refractivity contribution is 5.85. The van der Waals surface area contributed by atoms with Crippen LogP contribution < -0.4 is 16.0 Å². The predicted octanol–water partition coefficient (Wildman–Crippen LogP) is 0.621. The Balaban J connectivity index is 3.22. The van der Waals surface area contributed by atoms with Gasteiger partial charge in [-0.2, -0.15) is 0 Å². The minimum absolute atomic E-state index is 0.189. The van der Waals surface area contributed by atoms with Gasteiger partial charge in [-0.3, -0.25) is 4.79 Å². The van der Waals surface area contributed by atoms with E-state index in [1.54, 1.807) is 41.5 Å². The van der Waals surface area contributed by atoms with Gasteiger partial charge in [0.05, 0.1) is 6.61 Å². The van der Waals surface area contributed by atoms with Gasteiger partial charge in [0.2, 0.25) is 5.91 Å². The lowest BCUT2D eigenvalue weighted by Crippen LogP contribution is -2.75. The molecule has 1 fully saturated rings. The molecule has 1 saturated heterocycles. The van der Waals surface area contributed by atoms with E-state index in [-0.39, 0.29) is 26.7 Å². The normalized spacial score (nSPS) is 26.0. The molecule has 0 aromatic heterocycles. The van der Waals surface area contributed by atoms with E-state index in [2.05, 4.69) is 16.0 Å². The molecule has 0 saturated carbocycles. The third kappa shape index (κ3) is 11.7. The molecule has 0 aliphatic carbocycles. The van der Waals surface area contributed by atoms with E-state index >= 15 is 0 Å². The lowest BCUT2D eigenvalue weighted by atomic mass is 9.82. The van der Waals surface area contributed by atoms with Crippen LogP contribution in [0.25, 0.3) is 0 Å². The first-order valence-corrected chi connectivity index (χ1v) is 12.8. The highest BCUT2D eigenvalue weighted by Crippen LogP contribution is 2.33. The Morgan fingerprint density at radius 3 is 1.98 bits per heavy atom. The van der Waals surface area contributed by atoms with Gasteiger partial charge in [0.15, 0.2) is 6.29 Å². The quantitative estimate of drug-likeness (QED) is 0.223. The number of hydrogen-bond donors (Lipinski definition) is 4. The number of amides is 3. The van der Waals surface area contributed by atoms with Crippen LogP contribution >= 0.6 is 0 Å². The Hall–Kier alpha value is -2.27. The Morgan fingerprint density at radius 1 is 0.900 bits per heavy atom. The lowest BCUT2D eigenvalue weighted by Gasteiger charge is -2.51. The topological polar surface area (TPSA) is 181 Å². The van der Waals surface area contributed by atoms with Gasteiger partial charge in [-0.05, 0) is 48.5 Å². The average Bonchev–Trinajstić information content (AvgIpc) is 2.80. The molecule has 40 heavy (non-hydrogen) atoms. The maximum Gasteiger partial charge on any atom is 0.408 e. The Kier molecular flexibility index (Phi) is 14.0. The number of alkyl carbamates (subject to hydrolysis) is 2. The summed E-state index contributed by atoms with van der Waals surface area (Å²) in [6.45, 7) is 10.6. The number of hydrogen-bond acceptors (Lipinski definition) is 12. The summed E-state index contributed by atoms with van der Waals surface area (Å²) in [6, 6.07) is -2.23. The molecule has 0 radical (unpaired) electrons. The van der Waals surface area contributed by atoms with Gasteiger partial charge in [-0.15, -0.1) is 0 Å². The fourth-order valence-corrected chi connectivity index (χ4v) is 3.81. The smallest absolute Gasteiger partial charge is 0.408 e. The highest BCUT2D eigenvalue weighted by atomic mass is 16.8. The summed E-state index contributed by atoms with van der Waals surface area (Å²) in [6.07, 6.45) is -5.13. The SMILES string of the molecule is COCOC1O[C@H](CNC(=O)[C@H](C)NC(=O)OC(C)(C)C)[C@@H](OCOC)[C@@](O)(COC)[C@H]1NC(=O)OC(C)(C)C. The van der Waals surface area contributed by atoms with Crippen LogP contribution in [0.3, 0.4) is 0 Å². The zero-order chi connectivity index (χ0) is 30.7. The first-order chi connectivity index (χ1) is 18.5. The van der Waals surface area contributed by atoms with Crippen molar-refractivity contribution in [3.05, 3.63) is 0 Å². The van der Waals surface area contributed by atoms with Gasteiger partial charge >= 0.3 is 12.2 Å². The molecule has 15 nitrogen and oxygen atoms in total. The second kappa shape index (κ2) is 15.7. The molecule has 1 rings (SSSR count). The van der Waals surface area contributed by atoms with Crippen molar-refractivity contribution in [2.24, 2.45) is 0 Å². The first-order valence-electron chi connectivity index (χ1n) is 12.8. The van der Waals surface area contributed by atoms with Crippen LogP contribution in [0.4, 0.5) is 9.59 Å². The molecule has 234 valence electrons. The van der Waals surface area contributed by atoms with Crippen molar-refractivity contribution in [3.63, 3.8) is 0 Å². The monoisotopic (exact) mass is 581 g/mol. The predicted molar refractivity (Wildman–Crippen MR) is 140 cm³/mol. The van der Waals surface area contributed by atoms with Gasteiger partial charge in [-0.1, -0.05) is 0 Å². The highest BCUT2D eigenvalue weighted by Gasteiger charge is 2.58. The van der Waals surface area contributed by atoms with Crippen LogP contribution in [0.5, 0.6) is 0 Å². The summed E-state index contributed by atoms with van der Waals surface area (Å²) in [4.78, 5) is 37.6.